The van der Waals surface area contributed by atoms with Crippen LogP contribution >= 0.6 is 0 Å². The summed E-state index contributed by atoms with van der Waals surface area (Å²) in [7, 11) is 0. The maximum absolute atomic E-state index is 11.4. The first-order chi connectivity index (χ1) is 9.20. The van der Waals surface area contributed by atoms with E-state index >= 15 is 0 Å². The SMILES string of the molecule is O=C1CCCCCCCCCCC(O)C(O)CCO1. The van der Waals surface area contributed by atoms with Crippen molar-refractivity contribution in [1.82, 2.24) is 0 Å². The summed E-state index contributed by atoms with van der Waals surface area (Å²) in [6, 6.07) is 0. The lowest BCUT2D eigenvalue weighted by Gasteiger charge is -2.17. The van der Waals surface area contributed by atoms with Crippen molar-refractivity contribution < 1.29 is 19.7 Å². The van der Waals surface area contributed by atoms with Gasteiger partial charge in [-0.25, -0.2) is 0 Å². The average Bonchev–Trinajstić information content (AvgIpc) is 2.39. The Bertz CT molecular complexity index is 242. The average molecular weight is 272 g/mol. The second kappa shape index (κ2) is 10.2. The second-order valence-electron chi connectivity index (χ2n) is 5.51. The number of cyclic esters (lactones) is 1. The predicted molar refractivity (Wildman–Crippen MR) is 73.8 cm³/mol. The second-order valence-corrected chi connectivity index (χ2v) is 5.51. The highest BCUT2D eigenvalue weighted by Crippen LogP contribution is 2.14. The van der Waals surface area contributed by atoms with E-state index in [1.807, 2.05) is 0 Å². The molecule has 112 valence electrons. The number of carbonyl (C=O) groups is 1. The van der Waals surface area contributed by atoms with Gasteiger partial charge in [0.2, 0.25) is 0 Å². The fourth-order valence-corrected chi connectivity index (χ4v) is 2.43. The first-order valence-electron chi connectivity index (χ1n) is 7.72. The zero-order valence-electron chi connectivity index (χ0n) is 11.9. The summed E-state index contributed by atoms with van der Waals surface area (Å²) in [6.45, 7) is 0.205. The number of aliphatic hydroxyl groups is 2. The normalized spacial score (nSPS) is 29.7. The first-order valence-corrected chi connectivity index (χ1v) is 7.72. The van der Waals surface area contributed by atoms with Crippen molar-refractivity contribution in [3.05, 3.63) is 0 Å². The number of aliphatic hydroxyl groups excluding tert-OH is 2. The van der Waals surface area contributed by atoms with E-state index in [4.69, 9.17) is 4.74 Å². The summed E-state index contributed by atoms with van der Waals surface area (Å²) in [5.41, 5.74) is 0. The molecule has 1 aliphatic rings. The number of hydrogen-bond acceptors (Lipinski definition) is 4. The van der Waals surface area contributed by atoms with Crippen LogP contribution in [0.5, 0.6) is 0 Å². The summed E-state index contributed by atoms with van der Waals surface area (Å²) in [5.74, 6) is -0.186. The smallest absolute Gasteiger partial charge is 0.305 e. The van der Waals surface area contributed by atoms with Crippen LogP contribution in [0.25, 0.3) is 0 Å². The lowest BCUT2D eigenvalue weighted by atomic mass is 10.0. The Morgan fingerprint density at radius 3 is 2.00 bits per heavy atom. The van der Waals surface area contributed by atoms with Gasteiger partial charge in [0.25, 0.3) is 0 Å². The quantitative estimate of drug-likeness (QED) is 0.665. The molecule has 1 fully saturated rings. The van der Waals surface area contributed by atoms with Crippen molar-refractivity contribution in [2.75, 3.05) is 6.61 Å². The highest BCUT2D eigenvalue weighted by atomic mass is 16.5. The minimum absolute atomic E-state index is 0.186. The van der Waals surface area contributed by atoms with Gasteiger partial charge >= 0.3 is 5.97 Å². The van der Waals surface area contributed by atoms with Crippen molar-refractivity contribution in [2.45, 2.75) is 82.8 Å². The van der Waals surface area contributed by atoms with Crippen molar-refractivity contribution in [3.8, 4) is 0 Å². The number of rotatable bonds is 0. The minimum Gasteiger partial charge on any atom is -0.466 e. The van der Waals surface area contributed by atoms with Gasteiger partial charge in [-0.2, -0.15) is 0 Å². The van der Waals surface area contributed by atoms with Crippen LogP contribution in [0.15, 0.2) is 0 Å². The largest absolute Gasteiger partial charge is 0.466 e. The molecule has 0 radical (unpaired) electrons. The van der Waals surface area contributed by atoms with E-state index in [2.05, 4.69) is 0 Å². The van der Waals surface area contributed by atoms with Gasteiger partial charge in [0.1, 0.15) is 0 Å². The molecule has 2 atom stereocenters. The van der Waals surface area contributed by atoms with E-state index < -0.39 is 12.2 Å². The molecule has 1 rings (SSSR count). The molecule has 0 aromatic rings. The third-order valence-corrected chi connectivity index (χ3v) is 3.75. The van der Waals surface area contributed by atoms with E-state index in [1.54, 1.807) is 0 Å². The Balaban J connectivity index is 2.30. The molecular formula is C15H28O4. The van der Waals surface area contributed by atoms with Crippen LogP contribution in [0.1, 0.15) is 70.6 Å². The molecule has 0 amide bonds. The zero-order valence-corrected chi connectivity index (χ0v) is 11.9. The molecule has 4 nitrogen and oxygen atoms in total. The maximum Gasteiger partial charge on any atom is 0.305 e. The van der Waals surface area contributed by atoms with Gasteiger partial charge in [0, 0.05) is 12.8 Å². The highest BCUT2D eigenvalue weighted by molar-refractivity contribution is 5.69. The number of carbonyl (C=O) groups excluding carboxylic acids is 1. The van der Waals surface area contributed by atoms with E-state index in [9.17, 15) is 15.0 Å². The summed E-state index contributed by atoms with van der Waals surface area (Å²) >= 11 is 0. The summed E-state index contributed by atoms with van der Waals surface area (Å²) in [4.78, 5) is 11.4. The van der Waals surface area contributed by atoms with Gasteiger partial charge in [-0.3, -0.25) is 4.79 Å². The standard InChI is InChI=1S/C15H28O4/c16-13-9-7-5-3-1-2-4-6-8-10-15(18)19-12-11-14(13)17/h13-14,16-17H,1-12H2. The molecule has 0 bridgehead atoms. The predicted octanol–water partition coefficient (Wildman–Crippen LogP) is 2.56. The van der Waals surface area contributed by atoms with Crippen LogP contribution < -0.4 is 0 Å². The highest BCUT2D eigenvalue weighted by Gasteiger charge is 2.16. The van der Waals surface area contributed by atoms with Gasteiger partial charge < -0.3 is 14.9 Å². The van der Waals surface area contributed by atoms with Crippen molar-refractivity contribution in [2.24, 2.45) is 0 Å². The molecule has 4 heteroatoms. The Labute approximate surface area is 116 Å². The Hall–Kier alpha value is -0.610. The summed E-state index contributed by atoms with van der Waals surface area (Å²) in [5, 5.41) is 19.5. The van der Waals surface area contributed by atoms with Crippen LogP contribution in [0, 0.1) is 0 Å². The monoisotopic (exact) mass is 272 g/mol. The Morgan fingerprint density at radius 2 is 1.32 bits per heavy atom. The van der Waals surface area contributed by atoms with Crippen molar-refractivity contribution >= 4 is 5.97 Å². The van der Waals surface area contributed by atoms with E-state index in [0.717, 1.165) is 25.7 Å². The molecule has 0 saturated carbocycles. The van der Waals surface area contributed by atoms with Crippen molar-refractivity contribution in [1.29, 1.82) is 0 Å². The van der Waals surface area contributed by atoms with Gasteiger partial charge in [0.05, 0.1) is 18.8 Å². The van der Waals surface area contributed by atoms with E-state index in [-0.39, 0.29) is 12.6 Å². The topological polar surface area (TPSA) is 66.8 Å². The summed E-state index contributed by atoms with van der Waals surface area (Å²) < 4.78 is 5.05. The number of hydrogen-bond donors (Lipinski definition) is 2. The zero-order chi connectivity index (χ0) is 13.9. The molecule has 1 heterocycles. The number of ether oxygens (including phenoxy) is 1. The van der Waals surface area contributed by atoms with Gasteiger partial charge in [-0.05, 0) is 12.8 Å². The molecule has 1 aliphatic heterocycles. The molecule has 19 heavy (non-hydrogen) atoms. The van der Waals surface area contributed by atoms with Gasteiger partial charge in [-0.15, -0.1) is 0 Å². The van der Waals surface area contributed by atoms with Crippen LogP contribution in [-0.4, -0.2) is 35.0 Å². The van der Waals surface area contributed by atoms with Crippen LogP contribution in [-0.2, 0) is 9.53 Å². The van der Waals surface area contributed by atoms with E-state index in [0.29, 0.717) is 19.3 Å². The maximum atomic E-state index is 11.4. The van der Waals surface area contributed by atoms with Gasteiger partial charge in [-0.1, -0.05) is 44.9 Å². The molecule has 0 aliphatic carbocycles. The molecule has 1 saturated heterocycles. The van der Waals surface area contributed by atoms with Crippen molar-refractivity contribution in [3.63, 3.8) is 0 Å². The first kappa shape index (κ1) is 16.4. The molecular weight excluding hydrogens is 244 g/mol. The number of esters is 1. The molecule has 0 aromatic heterocycles. The van der Waals surface area contributed by atoms with Crippen LogP contribution in [0.2, 0.25) is 0 Å². The third kappa shape index (κ3) is 8.22. The fourth-order valence-electron chi connectivity index (χ4n) is 2.43. The lowest BCUT2D eigenvalue weighted by Crippen LogP contribution is -2.27. The molecule has 0 aromatic carbocycles. The third-order valence-electron chi connectivity index (χ3n) is 3.75. The van der Waals surface area contributed by atoms with Crippen LogP contribution in [0.4, 0.5) is 0 Å². The molecule has 0 spiro atoms. The van der Waals surface area contributed by atoms with E-state index in [1.165, 1.54) is 25.7 Å². The van der Waals surface area contributed by atoms with Crippen LogP contribution in [0.3, 0.4) is 0 Å². The Morgan fingerprint density at radius 1 is 0.789 bits per heavy atom. The summed E-state index contributed by atoms with van der Waals surface area (Å²) in [6.07, 6.45) is 8.87. The van der Waals surface area contributed by atoms with Gasteiger partial charge in [0.15, 0.2) is 0 Å². The Kier molecular flexibility index (Phi) is 8.84. The molecule has 2 N–H and O–H groups in total. The molecule has 2 unspecified atom stereocenters. The lowest BCUT2D eigenvalue weighted by molar-refractivity contribution is -0.145. The fraction of sp³-hybridized carbons (Fsp3) is 0.933. The minimum atomic E-state index is -0.777.